The summed E-state index contributed by atoms with van der Waals surface area (Å²) in [5.41, 5.74) is 0.616. The van der Waals surface area contributed by atoms with E-state index in [-0.39, 0.29) is 5.78 Å². The van der Waals surface area contributed by atoms with Crippen molar-refractivity contribution in [3.05, 3.63) is 33.3 Å². The number of hydrogen-bond donors (Lipinski definition) is 0. The number of ketones is 1. The molecule has 0 bridgehead atoms. The average molecular weight is 347 g/mol. The minimum absolute atomic E-state index is 0.110. The summed E-state index contributed by atoms with van der Waals surface area (Å²) < 4.78 is 0.892. The summed E-state index contributed by atoms with van der Waals surface area (Å²) in [6, 6.07) is 5.92. The van der Waals surface area contributed by atoms with Gasteiger partial charge in [-0.2, -0.15) is 0 Å². The molecule has 4 heteroatoms. The lowest BCUT2D eigenvalue weighted by atomic mass is 10.1. The third-order valence-electron chi connectivity index (χ3n) is 3.48. The molecule has 0 aliphatic carbocycles. The maximum absolute atomic E-state index is 12.2. The highest BCUT2D eigenvalue weighted by atomic mass is 79.9. The Bertz CT molecular complexity index is 436. The topological polar surface area (TPSA) is 20.3 Å². The molecule has 0 N–H and O–H groups in total. The van der Waals surface area contributed by atoms with Crippen LogP contribution in [0.2, 0.25) is 5.02 Å². The lowest BCUT2D eigenvalue weighted by Gasteiger charge is -2.26. The molecule has 1 rings (SSSR count). The first-order valence-corrected chi connectivity index (χ1v) is 7.89. The molecule has 19 heavy (non-hydrogen) atoms. The van der Waals surface area contributed by atoms with Gasteiger partial charge in [-0.05, 0) is 38.1 Å². The molecule has 2 nitrogen and oxygen atoms in total. The van der Waals surface area contributed by atoms with Gasteiger partial charge in [0.15, 0.2) is 5.78 Å². The first-order valence-electron chi connectivity index (χ1n) is 6.71. The third kappa shape index (κ3) is 4.90. The van der Waals surface area contributed by atoms with Crippen molar-refractivity contribution < 1.29 is 4.79 Å². The lowest BCUT2D eigenvalue weighted by molar-refractivity contribution is 0.0954. The Hall–Kier alpha value is -0.380. The van der Waals surface area contributed by atoms with E-state index >= 15 is 0 Å². The first kappa shape index (κ1) is 16.7. The molecule has 0 amide bonds. The van der Waals surface area contributed by atoms with Crippen molar-refractivity contribution >= 4 is 33.3 Å². The maximum atomic E-state index is 12.2. The van der Waals surface area contributed by atoms with Crippen molar-refractivity contribution in [3.8, 4) is 0 Å². The van der Waals surface area contributed by atoms with Gasteiger partial charge in [-0.3, -0.25) is 4.79 Å². The molecular formula is C15H21BrClNO. The zero-order chi connectivity index (χ0) is 14.4. The Morgan fingerprint density at radius 3 is 2.63 bits per heavy atom. The summed E-state index contributed by atoms with van der Waals surface area (Å²) in [6.45, 7) is 8.25. The SMILES string of the molecule is CCC(C)N(CC)CCC(=O)c1ccc(Br)cc1Cl. The number of hydrogen-bond acceptors (Lipinski definition) is 2. The van der Waals surface area contributed by atoms with Gasteiger partial charge in [0, 0.05) is 29.0 Å². The van der Waals surface area contributed by atoms with Crippen LogP contribution in [0.1, 0.15) is 44.0 Å². The molecule has 1 aromatic rings. The van der Waals surface area contributed by atoms with Crippen molar-refractivity contribution in [2.24, 2.45) is 0 Å². The summed E-state index contributed by atoms with van der Waals surface area (Å²) >= 11 is 9.44. The second-order valence-electron chi connectivity index (χ2n) is 4.68. The molecule has 0 aromatic heterocycles. The molecule has 0 saturated heterocycles. The van der Waals surface area contributed by atoms with Crippen molar-refractivity contribution in [2.75, 3.05) is 13.1 Å². The molecule has 106 valence electrons. The minimum atomic E-state index is 0.110. The lowest BCUT2D eigenvalue weighted by Crippen LogP contribution is -2.34. The summed E-state index contributed by atoms with van der Waals surface area (Å²) in [4.78, 5) is 14.5. The fourth-order valence-corrected chi connectivity index (χ4v) is 2.82. The molecule has 0 radical (unpaired) electrons. The van der Waals surface area contributed by atoms with Crippen LogP contribution < -0.4 is 0 Å². The smallest absolute Gasteiger partial charge is 0.165 e. The van der Waals surface area contributed by atoms with Crippen LogP contribution in [0.25, 0.3) is 0 Å². The van der Waals surface area contributed by atoms with Crippen molar-refractivity contribution in [3.63, 3.8) is 0 Å². The van der Waals surface area contributed by atoms with Crippen LogP contribution in [0, 0.1) is 0 Å². The van der Waals surface area contributed by atoms with Crippen LogP contribution in [-0.2, 0) is 0 Å². The van der Waals surface area contributed by atoms with Crippen LogP contribution in [0.4, 0.5) is 0 Å². The van der Waals surface area contributed by atoms with E-state index in [1.165, 1.54) is 0 Å². The van der Waals surface area contributed by atoms with E-state index in [9.17, 15) is 4.79 Å². The Morgan fingerprint density at radius 2 is 2.11 bits per heavy atom. The highest BCUT2D eigenvalue weighted by Crippen LogP contribution is 2.22. The Balaban J connectivity index is 2.64. The van der Waals surface area contributed by atoms with Gasteiger partial charge in [0.25, 0.3) is 0 Å². The normalized spacial score (nSPS) is 12.7. The molecule has 1 unspecified atom stereocenters. The van der Waals surface area contributed by atoms with Crippen LogP contribution in [0.15, 0.2) is 22.7 Å². The van der Waals surface area contributed by atoms with Gasteiger partial charge < -0.3 is 4.90 Å². The molecule has 0 aliphatic rings. The summed E-state index contributed by atoms with van der Waals surface area (Å²) in [7, 11) is 0. The Kier molecular flexibility index (Phi) is 7.05. The molecule has 0 heterocycles. The van der Waals surface area contributed by atoms with Gasteiger partial charge in [0.05, 0.1) is 5.02 Å². The average Bonchev–Trinajstić information content (AvgIpc) is 2.38. The number of Topliss-reactive ketones (excluding diaryl/α,β-unsaturated/α-hetero) is 1. The van der Waals surface area contributed by atoms with E-state index in [2.05, 4.69) is 41.6 Å². The zero-order valence-electron chi connectivity index (χ0n) is 11.7. The van der Waals surface area contributed by atoms with Crippen molar-refractivity contribution in [2.45, 2.75) is 39.7 Å². The van der Waals surface area contributed by atoms with Crippen molar-refractivity contribution in [1.29, 1.82) is 0 Å². The fourth-order valence-electron chi connectivity index (χ4n) is 2.04. The molecule has 0 aliphatic heterocycles. The number of nitrogens with zero attached hydrogens (tertiary/aromatic N) is 1. The number of halogens is 2. The monoisotopic (exact) mass is 345 g/mol. The summed E-state index contributed by atoms with van der Waals surface area (Å²) in [5, 5.41) is 0.519. The number of carbonyl (C=O) groups is 1. The standard InChI is InChI=1S/C15H21BrClNO/c1-4-11(3)18(5-2)9-8-15(19)13-7-6-12(16)10-14(13)17/h6-7,10-11H,4-5,8-9H2,1-3H3. The second-order valence-corrected chi connectivity index (χ2v) is 6.01. The van der Waals surface area contributed by atoms with Gasteiger partial charge in [0.2, 0.25) is 0 Å². The second kappa shape index (κ2) is 8.03. The van der Waals surface area contributed by atoms with E-state index in [1.54, 1.807) is 12.1 Å². The van der Waals surface area contributed by atoms with Gasteiger partial charge >= 0.3 is 0 Å². The third-order valence-corrected chi connectivity index (χ3v) is 4.28. The highest BCUT2D eigenvalue weighted by Gasteiger charge is 2.14. The quantitative estimate of drug-likeness (QED) is 0.661. The minimum Gasteiger partial charge on any atom is -0.300 e. The largest absolute Gasteiger partial charge is 0.300 e. The molecule has 0 saturated carbocycles. The number of carbonyl (C=O) groups excluding carboxylic acids is 1. The van der Waals surface area contributed by atoms with Gasteiger partial charge in [-0.25, -0.2) is 0 Å². The molecule has 0 fully saturated rings. The van der Waals surface area contributed by atoms with Gasteiger partial charge in [-0.15, -0.1) is 0 Å². The summed E-state index contributed by atoms with van der Waals surface area (Å²) in [5.74, 6) is 0.110. The Labute approximate surface area is 129 Å². The van der Waals surface area contributed by atoms with E-state index in [0.29, 0.717) is 23.0 Å². The first-order chi connectivity index (χ1) is 8.99. The Morgan fingerprint density at radius 1 is 1.42 bits per heavy atom. The van der Waals surface area contributed by atoms with E-state index < -0.39 is 0 Å². The highest BCUT2D eigenvalue weighted by molar-refractivity contribution is 9.10. The van der Waals surface area contributed by atoms with E-state index in [1.807, 2.05) is 6.07 Å². The maximum Gasteiger partial charge on any atom is 0.165 e. The van der Waals surface area contributed by atoms with E-state index in [0.717, 1.165) is 24.0 Å². The van der Waals surface area contributed by atoms with Crippen LogP contribution in [0.3, 0.4) is 0 Å². The zero-order valence-corrected chi connectivity index (χ0v) is 14.1. The van der Waals surface area contributed by atoms with E-state index in [4.69, 9.17) is 11.6 Å². The van der Waals surface area contributed by atoms with Crippen LogP contribution >= 0.6 is 27.5 Å². The fraction of sp³-hybridized carbons (Fsp3) is 0.533. The molecule has 1 atom stereocenters. The predicted octanol–water partition coefficient (Wildman–Crippen LogP) is 4.80. The van der Waals surface area contributed by atoms with Crippen LogP contribution in [-0.4, -0.2) is 29.8 Å². The number of rotatable bonds is 7. The van der Waals surface area contributed by atoms with Crippen molar-refractivity contribution in [1.82, 2.24) is 4.90 Å². The number of benzene rings is 1. The molecule has 1 aromatic carbocycles. The summed E-state index contributed by atoms with van der Waals surface area (Å²) in [6.07, 6.45) is 1.61. The molecular weight excluding hydrogens is 326 g/mol. The van der Waals surface area contributed by atoms with Gasteiger partial charge in [-0.1, -0.05) is 41.4 Å². The predicted molar refractivity (Wildman–Crippen MR) is 85.1 cm³/mol. The molecule has 0 spiro atoms. The van der Waals surface area contributed by atoms with Crippen LogP contribution in [0.5, 0.6) is 0 Å². The van der Waals surface area contributed by atoms with Gasteiger partial charge in [0.1, 0.15) is 0 Å².